The van der Waals surface area contributed by atoms with Crippen LogP contribution in [0.1, 0.15) is 52.9 Å². The average molecular weight is 365 g/mol. The molecule has 0 aromatic carbocycles. The number of aromatic nitrogens is 1. The van der Waals surface area contributed by atoms with Crippen LogP contribution in [-0.4, -0.2) is 45.7 Å². The van der Waals surface area contributed by atoms with E-state index in [9.17, 15) is 14.9 Å². The first-order valence-corrected chi connectivity index (χ1v) is 9.00. The van der Waals surface area contributed by atoms with Gasteiger partial charge >= 0.3 is 11.8 Å². The van der Waals surface area contributed by atoms with Gasteiger partial charge in [-0.25, -0.2) is 9.78 Å². The van der Waals surface area contributed by atoms with Crippen LogP contribution in [-0.2, 0) is 4.74 Å². The number of ether oxygens (including phenoxy) is 2. The zero-order valence-electron chi connectivity index (χ0n) is 15.6. The highest BCUT2D eigenvalue weighted by molar-refractivity contribution is 5.68. The maximum absolute atomic E-state index is 12.4. The largest absolute Gasteiger partial charge is 0.473 e. The molecule has 1 fully saturated rings. The fourth-order valence-corrected chi connectivity index (χ4v) is 2.98. The molecular formula is C18H27N3O5. The van der Waals surface area contributed by atoms with Crippen molar-refractivity contribution in [2.24, 2.45) is 0 Å². The first kappa shape index (κ1) is 19.9. The summed E-state index contributed by atoms with van der Waals surface area (Å²) in [5.74, 6) is 0.0325. The average Bonchev–Trinajstić information content (AvgIpc) is 2.57. The molecule has 8 heteroatoms. The second-order valence-electron chi connectivity index (χ2n) is 7.40. The summed E-state index contributed by atoms with van der Waals surface area (Å²) in [7, 11) is 0. The standard InChI is InChI=1S/C18H27N3O5/c1-18(2,3)26-17(22)20-12-5-4-8-14(20)9-7-13-25-16-15(21(23)24)10-6-11-19-16/h6,10-11,14H,4-5,7-9,12-13H2,1-3H3/t14-/m0/s1. The van der Waals surface area contributed by atoms with Gasteiger partial charge in [-0.1, -0.05) is 0 Å². The van der Waals surface area contributed by atoms with Crippen LogP contribution in [0.5, 0.6) is 5.88 Å². The lowest BCUT2D eigenvalue weighted by atomic mass is 9.98. The molecule has 8 nitrogen and oxygen atoms in total. The summed E-state index contributed by atoms with van der Waals surface area (Å²) in [4.78, 5) is 28.6. The Morgan fingerprint density at radius 2 is 2.19 bits per heavy atom. The third kappa shape index (κ3) is 5.86. The third-order valence-corrected chi connectivity index (χ3v) is 4.12. The van der Waals surface area contributed by atoms with Crippen LogP contribution in [0.25, 0.3) is 0 Å². The van der Waals surface area contributed by atoms with Crippen molar-refractivity contribution in [1.82, 2.24) is 9.88 Å². The summed E-state index contributed by atoms with van der Waals surface area (Å²) < 4.78 is 11.0. The lowest BCUT2D eigenvalue weighted by molar-refractivity contribution is -0.386. The molecule has 2 rings (SSSR count). The van der Waals surface area contributed by atoms with E-state index in [0.29, 0.717) is 19.6 Å². The van der Waals surface area contributed by atoms with Gasteiger partial charge in [0.05, 0.1) is 11.5 Å². The van der Waals surface area contributed by atoms with E-state index in [1.807, 2.05) is 20.8 Å². The predicted octanol–water partition coefficient (Wildman–Crippen LogP) is 3.94. The molecule has 0 spiro atoms. The van der Waals surface area contributed by atoms with Gasteiger partial charge in [-0.15, -0.1) is 0 Å². The Kier molecular flexibility index (Phi) is 6.76. The molecule has 2 heterocycles. The molecule has 0 saturated carbocycles. The normalized spacial score (nSPS) is 17.7. The van der Waals surface area contributed by atoms with Crippen molar-refractivity contribution in [3.8, 4) is 5.88 Å². The van der Waals surface area contributed by atoms with Crippen LogP contribution in [0, 0.1) is 10.1 Å². The summed E-state index contributed by atoms with van der Waals surface area (Å²) in [6.07, 6.45) is 5.63. The monoisotopic (exact) mass is 365 g/mol. The first-order valence-electron chi connectivity index (χ1n) is 9.00. The minimum absolute atomic E-state index is 0.0325. The molecule has 1 aliphatic rings. The molecule has 1 saturated heterocycles. The summed E-state index contributed by atoms with van der Waals surface area (Å²) in [5.41, 5.74) is -0.652. The molecule has 0 radical (unpaired) electrons. The fourth-order valence-electron chi connectivity index (χ4n) is 2.98. The minimum Gasteiger partial charge on any atom is -0.473 e. The Morgan fingerprint density at radius 3 is 2.88 bits per heavy atom. The molecule has 1 amide bonds. The first-order chi connectivity index (χ1) is 12.3. The van der Waals surface area contributed by atoms with E-state index in [2.05, 4.69) is 4.98 Å². The van der Waals surface area contributed by atoms with Crippen molar-refractivity contribution in [2.75, 3.05) is 13.2 Å². The molecule has 1 aliphatic heterocycles. The molecular weight excluding hydrogens is 338 g/mol. The predicted molar refractivity (Wildman–Crippen MR) is 96.2 cm³/mol. The SMILES string of the molecule is CC(C)(C)OC(=O)N1CCCC[C@H]1CCCOc1ncccc1[N+](=O)[O-]. The van der Waals surface area contributed by atoms with Crippen LogP contribution in [0.3, 0.4) is 0 Å². The number of carbonyl (C=O) groups is 1. The van der Waals surface area contributed by atoms with Crippen LogP contribution < -0.4 is 4.74 Å². The lowest BCUT2D eigenvalue weighted by Gasteiger charge is -2.36. The quantitative estimate of drug-likeness (QED) is 0.430. The second kappa shape index (κ2) is 8.82. The summed E-state index contributed by atoms with van der Waals surface area (Å²) in [5, 5.41) is 11.0. The number of likely N-dealkylation sites (tertiary alicyclic amines) is 1. The van der Waals surface area contributed by atoms with Gasteiger partial charge in [-0.2, -0.15) is 0 Å². The molecule has 0 unspecified atom stereocenters. The van der Waals surface area contributed by atoms with E-state index in [-0.39, 0.29) is 23.7 Å². The molecule has 0 bridgehead atoms. The van der Waals surface area contributed by atoms with Crippen molar-refractivity contribution in [3.05, 3.63) is 28.4 Å². The van der Waals surface area contributed by atoms with Crippen molar-refractivity contribution in [3.63, 3.8) is 0 Å². The zero-order chi connectivity index (χ0) is 19.2. The van der Waals surface area contributed by atoms with Crippen LogP contribution in [0.2, 0.25) is 0 Å². The Balaban J connectivity index is 1.85. The van der Waals surface area contributed by atoms with Gasteiger partial charge in [0, 0.05) is 24.8 Å². The summed E-state index contributed by atoms with van der Waals surface area (Å²) >= 11 is 0. The van der Waals surface area contributed by atoms with E-state index in [0.717, 1.165) is 25.7 Å². The number of carbonyl (C=O) groups excluding carboxylic acids is 1. The zero-order valence-corrected chi connectivity index (χ0v) is 15.6. The summed E-state index contributed by atoms with van der Waals surface area (Å²) in [6, 6.07) is 2.99. The molecule has 0 aliphatic carbocycles. The highest BCUT2D eigenvalue weighted by Gasteiger charge is 2.30. The number of pyridine rings is 1. The highest BCUT2D eigenvalue weighted by atomic mass is 16.6. The minimum atomic E-state index is -0.514. The molecule has 144 valence electrons. The molecule has 1 aromatic rings. The molecule has 1 aromatic heterocycles. The molecule has 1 atom stereocenters. The van der Waals surface area contributed by atoms with E-state index in [4.69, 9.17) is 9.47 Å². The Morgan fingerprint density at radius 1 is 1.42 bits per heavy atom. The van der Waals surface area contributed by atoms with E-state index < -0.39 is 10.5 Å². The van der Waals surface area contributed by atoms with Crippen molar-refractivity contribution in [1.29, 1.82) is 0 Å². The van der Waals surface area contributed by atoms with Gasteiger partial charge in [0.1, 0.15) is 5.60 Å². The van der Waals surface area contributed by atoms with E-state index >= 15 is 0 Å². The Labute approximate surface area is 153 Å². The van der Waals surface area contributed by atoms with Crippen LogP contribution in [0.15, 0.2) is 18.3 Å². The number of piperidine rings is 1. The maximum atomic E-state index is 12.4. The molecule has 26 heavy (non-hydrogen) atoms. The van der Waals surface area contributed by atoms with Crippen molar-refractivity contribution >= 4 is 11.8 Å². The van der Waals surface area contributed by atoms with Crippen LogP contribution >= 0.6 is 0 Å². The number of hydrogen-bond donors (Lipinski definition) is 0. The summed E-state index contributed by atoms with van der Waals surface area (Å²) in [6.45, 7) is 6.59. The maximum Gasteiger partial charge on any atom is 0.410 e. The Hall–Kier alpha value is -2.38. The van der Waals surface area contributed by atoms with Crippen LogP contribution in [0.4, 0.5) is 10.5 Å². The molecule has 0 N–H and O–H groups in total. The smallest absolute Gasteiger partial charge is 0.410 e. The number of rotatable bonds is 6. The van der Waals surface area contributed by atoms with Crippen molar-refractivity contribution < 1.29 is 19.2 Å². The van der Waals surface area contributed by atoms with Gasteiger partial charge in [0.25, 0.3) is 5.88 Å². The number of nitrogens with zero attached hydrogens (tertiary/aromatic N) is 3. The van der Waals surface area contributed by atoms with Gasteiger partial charge in [-0.05, 0) is 58.9 Å². The number of hydrogen-bond acceptors (Lipinski definition) is 6. The van der Waals surface area contributed by atoms with E-state index in [1.165, 1.54) is 18.3 Å². The van der Waals surface area contributed by atoms with Gasteiger partial charge in [-0.3, -0.25) is 10.1 Å². The fraction of sp³-hybridized carbons (Fsp3) is 0.667. The highest BCUT2D eigenvalue weighted by Crippen LogP contribution is 2.25. The van der Waals surface area contributed by atoms with Crippen molar-refractivity contribution in [2.45, 2.75) is 64.5 Å². The van der Waals surface area contributed by atoms with Gasteiger partial charge in [0.15, 0.2) is 0 Å². The topological polar surface area (TPSA) is 94.8 Å². The van der Waals surface area contributed by atoms with Gasteiger partial charge in [0.2, 0.25) is 0 Å². The van der Waals surface area contributed by atoms with Gasteiger partial charge < -0.3 is 14.4 Å². The lowest BCUT2D eigenvalue weighted by Crippen LogP contribution is -2.46. The Bertz CT molecular complexity index is 629. The number of nitro groups is 1. The second-order valence-corrected chi connectivity index (χ2v) is 7.40. The van der Waals surface area contributed by atoms with E-state index in [1.54, 1.807) is 4.90 Å². The number of amides is 1. The third-order valence-electron chi connectivity index (χ3n) is 4.12.